The number of anilines is 1. The molecule has 0 aromatic heterocycles. The van der Waals surface area contributed by atoms with Crippen molar-refractivity contribution in [2.24, 2.45) is 5.11 Å². The van der Waals surface area contributed by atoms with Gasteiger partial charge >= 0.3 is 5.97 Å². The Balaban J connectivity index is 1.69. The van der Waals surface area contributed by atoms with E-state index in [0.29, 0.717) is 11.3 Å². The average Bonchev–Trinajstić information content (AvgIpc) is 3.53. The van der Waals surface area contributed by atoms with Gasteiger partial charge in [-0.3, -0.25) is 0 Å². The van der Waals surface area contributed by atoms with Gasteiger partial charge in [0.05, 0.1) is 26.9 Å². The van der Waals surface area contributed by atoms with Crippen molar-refractivity contribution in [2.45, 2.75) is 11.2 Å². The molecule has 2 aliphatic rings. The zero-order valence-electron chi connectivity index (χ0n) is 22.4. The lowest BCUT2D eigenvalue weighted by Gasteiger charge is -2.47. The van der Waals surface area contributed by atoms with Gasteiger partial charge in [0.15, 0.2) is 0 Å². The third-order valence-corrected chi connectivity index (χ3v) is 7.41. The molecule has 0 fully saturated rings. The maximum Gasteiger partial charge on any atom is 0.336 e. The zero-order valence-corrected chi connectivity index (χ0v) is 22.4. The molecule has 0 unspecified atom stereocenters. The van der Waals surface area contributed by atoms with Gasteiger partial charge in [0.1, 0.15) is 22.7 Å². The summed E-state index contributed by atoms with van der Waals surface area (Å²) < 4.78 is 16.2. The zero-order chi connectivity index (χ0) is 27.7. The van der Waals surface area contributed by atoms with Crippen LogP contribution in [0.5, 0.6) is 11.5 Å². The van der Waals surface area contributed by atoms with Gasteiger partial charge in [-0.1, -0.05) is 60.7 Å². The van der Waals surface area contributed by atoms with Crippen LogP contribution in [0.1, 0.15) is 11.1 Å². The number of ether oxygens (including phenoxy) is 3. The van der Waals surface area contributed by atoms with Gasteiger partial charge in [0, 0.05) is 24.0 Å². The molecule has 4 aromatic carbocycles. The molecule has 200 valence electrons. The normalized spacial score (nSPS) is 21.1. The molecule has 0 radical (unpaired) electrons. The number of rotatable bonds is 7. The predicted octanol–water partition coefficient (Wildman–Crippen LogP) is 6.43. The fourth-order valence-corrected chi connectivity index (χ4v) is 5.54. The third kappa shape index (κ3) is 3.64. The first-order valence-corrected chi connectivity index (χ1v) is 12.8. The predicted molar refractivity (Wildman–Crippen MR) is 151 cm³/mol. The highest BCUT2D eigenvalue weighted by molar-refractivity contribution is 5.95. The minimum absolute atomic E-state index is 0.362. The summed E-state index contributed by atoms with van der Waals surface area (Å²) in [5.74, 6) is 0.945. The Labute approximate surface area is 232 Å². The van der Waals surface area contributed by atoms with E-state index in [0.717, 1.165) is 28.3 Å². The number of carbonyl (C=O) groups excluding carboxylic acids is 1. The monoisotopic (exact) mass is 532 g/mol. The minimum Gasteiger partial charge on any atom is -0.497 e. The van der Waals surface area contributed by atoms with Gasteiger partial charge in [0.2, 0.25) is 5.69 Å². The first-order valence-electron chi connectivity index (χ1n) is 12.8. The van der Waals surface area contributed by atoms with Crippen LogP contribution in [0.15, 0.2) is 126 Å². The first-order chi connectivity index (χ1) is 19.6. The van der Waals surface area contributed by atoms with Crippen molar-refractivity contribution in [3.63, 3.8) is 0 Å². The molecule has 0 amide bonds. The minimum atomic E-state index is -1.29. The first kappa shape index (κ1) is 25.2. The van der Waals surface area contributed by atoms with Gasteiger partial charge in [-0.15, -0.1) is 4.81 Å². The van der Waals surface area contributed by atoms with Gasteiger partial charge < -0.3 is 19.1 Å². The Morgan fingerprint density at radius 1 is 0.750 bits per heavy atom. The molecule has 0 spiro atoms. The van der Waals surface area contributed by atoms with Crippen LogP contribution in [0.2, 0.25) is 0 Å². The molecule has 0 saturated carbocycles. The summed E-state index contributed by atoms with van der Waals surface area (Å²) in [5, 5.41) is 5.28. The van der Waals surface area contributed by atoms with Crippen molar-refractivity contribution < 1.29 is 23.8 Å². The molecule has 2 atom stereocenters. The summed E-state index contributed by atoms with van der Waals surface area (Å²) in [4.78, 5) is 17.3. The smallest absolute Gasteiger partial charge is 0.336 e. The number of azo groups is 1. The van der Waals surface area contributed by atoms with Gasteiger partial charge in [-0.2, -0.15) is 10.5 Å². The van der Waals surface area contributed by atoms with E-state index in [2.05, 4.69) is 0 Å². The molecule has 4 aromatic rings. The maximum absolute atomic E-state index is 13.6. The number of nitrogens with zero attached hydrogens (tertiary/aromatic N) is 4. The van der Waals surface area contributed by atoms with E-state index in [1.54, 1.807) is 19.0 Å². The molecule has 0 bridgehead atoms. The second-order valence-corrected chi connectivity index (χ2v) is 9.40. The standard InChI is InChI=1S/C32H28N4O4/c1-38-27-18-14-25(15-19-27)35-22-29(30(37)40-3)31(23-10-6-4-7-11-23)32(35,24-12-8-5-9-13-24)34-36(33-31)26-16-20-28(39-2)21-17-26/h4-22H,1-3H3/t31-,32+/m0/s1. The van der Waals surface area contributed by atoms with Gasteiger partial charge in [-0.25, -0.2) is 4.79 Å². The molecule has 8 nitrogen and oxygen atoms in total. The average molecular weight is 533 g/mol. The van der Waals surface area contributed by atoms with Crippen LogP contribution in [0.3, 0.4) is 0 Å². The van der Waals surface area contributed by atoms with Crippen LogP contribution in [0.4, 0.5) is 11.4 Å². The van der Waals surface area contributed by atoms with Crippen LogP contribution < -0.4 is 14.4 Å². The van der Waals surface area contributed by atoms with E-state index < -0.39 is 17.2 Å². The third-order valence-electron chi connectivity index (χ3n) is 7.41. The van der Waals surface area contributed by atoms with Crippen LogP contribution in [0.25, 0.3) is 5.43 Å². The largest absolute Gasteiger partial charge is 0.497 e. The molecule has 40 heavy (non-hydrogen) atoms. The lowest BCUT2D eigenvalue weighted by molar-refractivity contribution is -0.457. The van der Waals surface area contributed by atoms with E-state index in [-0.39, 0.29) is 0 Å². The highest BCUT2D eigenvalue weighted by Crippen LogP contribution is 2.64. The molecule has 8 heteroatoms. The number of esters is 1. The Morgan fingerprint density at radius 2 is 1.30 bits per heavy atom. The van der Waals surface area contributed by atoms with Crippen molar-refractivity contribution in [3.05, 3.63) is 138 Å². The summed E-state index contributed by atoms with van der Waals surface area (Å²) >= 11 is 0. The molecule has 6 rings (SSSR count). The summed E-state index contributed by atoms with van der Waals surface area (Å²) in [6.45, 7) is 0. The summed E-state index contributed by atoms with van der Waals surface area (Å²) in [7, 11) is 4.64. The SMILES string of the molecule is COC(=O)C1=CN(c2ccc(OC)cc2)[C@@]2(c3ccccc3)[N-][N+](c3ccc(OC)cc3)=N[C@@]12c1ccccc1. The van der Waals surface area contributed by atoms with Crippen LogP contribution >= 0.6 is 0 Å². The Kier molecular flexibility index (Phi) is 6.23. The van der Waals surface area contributed by atoms with Gasteiger partial charge in [-0.05, 0) is 47.5 Å². The molecule has 0 N–H and O–H groups in total. The molecular formula is C32H28N4O4. The van der Waals surface area contributed by atoms with Gasteiger partial charge in [0.25, 0.3) is 0 Å². The molecule has 0 saturated heterocycles. The fourth-order valence-electron chi connectivity index (χ4n) is 5.54. The van der Waals surface area contributed by atoms with E-state index in [4.69, 9.17) is 24.8 Å². The number of methoxy groups -OCH3 is 3. The van der Waals surface area contributed by atoms with E-state index in [9.17, 15) is 4.79 Å². The van der Waals surface area contributed by atoms with Crippen molar-refractivity contribution in [1.29, 1.82) is 0 Å². The van der Waals surface area contributed by atoms with Crippen molar-refractivity contribution in [3.8, 4) is 11.5 Å². The Hall–Kier alpha value is -5.11. The molecule has 2 heterocycles. The lowest BCUT2D eigenvalue weighted by atomic mass is 9.72. The van der Waals surface area contributed by atoms with Crippen LogP contribution in [0, 0.1) is 0 Å². The molecule has 2 aliphatic heterocycles. The van der Waals surface area contributed by atoms with Crippen LogP contribution in [-0.4, -0.2) is 32.1 Å². The van der Waals surface area contributed by atoms with Crippen molar-refractivity contribution in [2.75, 3.05) is 26.2 Å². The topological polar surface area (TPSA) is 77.5 Å². The van der Waals surface area contributed by atoms with Crippen molar-refractivity contribution >= 4 is 17.3 Å². The lowest BCUT2D eigenvalue weighted by Crippen LogP contribution is -2.52. The second kappa shape index (κ2) is 9.89. The Morgan fingerprint density at radius 3 is 1.85 bits per heavy atom. The van der Waals surface area contributed by atoms with Crippen LogP contribution in [-0.2, 0) is 20.7 Å². The Bertz CT molecular complexity index is 1590. The summed E-state index contributed by atoms with van der Waals surface area (Å²) in [6, 6.07) is 34.8. The summed E-state index contributed by atoms with van der Waals surface area (Å²) in [6.07, 6.45) is 1.81. The van der Waals surface area contributed by atoms with Crippen molar-refractivity contribution in [1.82, 2.24) is 0 Å². The van der Waals surface area contributed by atoms with E-state index in [1.165, 1.54) is 7.11 Å². The number of hydrogen-bond acceptors (Lipinski definition) is 6. The number of fused-ring (bicyclic) bond motifs is 1. The summed E-state index contributed by atoms with van der Waals surface area (Å²) in [5.41, 5.74) is 6.39. The number of hydrogen-bond donors (Lipinski definition) is 0. The second-order valence-electron chi connectivity index (χ2n) is 9.40. The molecular weight excluding hydrogens is 504 g/mol. The maximum atomic E-state index is 13.6. The quantitative estimate of drug-likeness (QED) is 0.203. The number of benzene rings is 4. The molecule has 0 aliphatic carbocycles. The van der Waals surface area contributed by atoms with E-state index >= 15 is 0 Å². The highest BCUT2D eigenvalue weighted by Gasteiger charge is 2.67. The number of carbonyl (C=O) groups is 1. The fraction of sp³-hybridized carbons (Fsp3) is 0.156. The van der Waals surface area contributed by atoms with E-state index in [1.807, 2.05) is 120 Å². The highest BCUT2D eigenvalue weighted by atomic mass is 16.5.